The standard InChI is InChI=1S/C39H34N4O6S/c1-5-7-18-30(6-2)42-38(46)32(23-31-19-20-34(49-31)29-21-25(3)26(4)33(22-29)43(47)48)37(45)41-39(42)50-24-35(44)40-36(27-14-10-8-11-15-27)28-16-12-9-13-17-28/h5-23,36H,1,24H2,2-4H3,(H,40,44)/b18-7-,30-6+,32-23+. The lowest BCUT2D eigenvalue weighted by Crippen LogP contribution is -2.42. The fourth-order valence-corrected chi connectivity index (χ4v) is 6.10. The van der Waals surface area contributed by atoms with Crippen molar-refractivity contribution in [2.45, 2.75) is 26.8 Å². The van der Waals surface area contributed by atoms with Crippen LogP contribution in [0.25, 0.3) is 17.4 Å². The van der Waals surface area contributed by atoms with Crippen molar-refractivity contribution in [3.63, 3.8) is 0 Å². The van der Waals surface area contributed by atoms with E-state index in [1.807, 2.05) is 60.7 Å². The lowest BCUT2D eigenvalue weighted by atomic mass is 9.99. The van der Waals surface area contributed by atoms with Crippen LogP contribution in [0, 0.1) is 24.0 Å². The van der Waals surface area contributed by atoms with E-state index in [1.54, 1.807) is 63.3 Å². The third-order valence-electron chi connectivity index (χ3n) is 7.95. The summed E-state index contributed by atoms with van der Waals surface area (Å²) in [5, 5.41) is 14.7. The number of rotatable bonds is 11. The number of nitro groups is 1. The van der Waals surface area contributed by atoms with Gasteiger partial charge in [0.1, 0.15) is 17.1 Å². The molecule has 11 heteroatoms. The lowest BCUT2D eigenvalue weighted by Gasteiger charge is -2.28. The molecule has 3 amide bonds. The largest absolute Gasteiger partial charge is 0.457 e. The average Bonchev–Trinajstić information content (AvgIpc) is 3.59. The zero-order valence-electron chi connectivity index (χ0n) is 27.7. The number of nitro benzene ring substituents is 1. The van der Waals surface area contributed by atoms with Crippen molar-refractivity contribution >= 4 is 46.4 Å². The summed E-state index contributed by atoms with van der Waals surface area (Å²) in [6, 6.07) is 25.1. The molecule has 0 spiro atoms. The fourth-order valence-electron chi connectivity index (χ4n) is 5.29. The third-order valence-corrected chi connectivity index (χ3v) is 8.89. The highest BCUT2D eigenvalue weighted by atomic mass is 32.2. The number of amidine groups is 1. The first-order valence-electron chi connectivity index (χ1n) is 15.6. The number of aliphatic imine (C=N–C) groups is 1. The maximum absolute atomic E-state index is 14.0. The van der Waals surface area contributed by atoms with Gasteiger partial charge in [-0.05, 0) is 67.8 Å². The number of carbonyl (C=O) groups is 3. The smallest absolute Gasteiger partial charge is 0.285 e. The van der Waals surface area contributed by atoms with E-state index in [4.69, 9.17) is 4.42 Å². The number of carbonyl (C=O) groups excluding carboxylic acids is 3. The summed E-state index contributed by atoms with van der Waals surface area (Å²) in [6.45, 7) is 8.88. The van der Waals surface area contributed by atoms with E-state index in [1.165, 1.54) is 17.0 Å². The molecule has 252 valence electrons. The number of amides is 3. The summed E-state index contributed by atoms with van der Waals surface area (Å²) in [4.78, 5) is 57.4. The number of benzene rings is 3. The van der Waals surface area contributed by atoms with Gasteiger partial charge in [0, 0.05) is 22.9 Å². The van der Waals surface area contributed by atoms with Crippen molar-refractivity contribution in [1.29, 1.82) is 0 Å². The first kappa shape index (κ1) is 35.2. The van der Waals surface area contributed by atoms with Crippen molar-refractivity contribution in [1.82, 2.24) is 10.2 Å². The van der Waals surface area contributed by atoms with Crippen LogP contribution in [-0.4, -0.2) is 38.5 Å². The number of aryl methyl sites for hydroxylation is 1. The van der Waals surface area contributed by atoms with Crippen LogP contribution in [0.1, 0.15) is 41.0 Å². The minimum atomic E-state index is -0.802. The lowest BCUT2D eigenvalue weighted by molar-refractivity contribution is -0.385. The molecule has 0 radical (unpaired) electrons. The van der Waals surface area contributed by atoms with Gasteiger partial charge in [0.25, 0.3) is 17.5 Å². The third kappa shape index (κ3) is 7.96. The van der Waals surface area contributed by atoms with E-state index in [0.717, 1.165) is 22.9 Å². The first-order chi connectivity index (χ1) is 24.1. The average molecular weight is 687 g/mol. The topological polar surface area (TPSA) is 135 Å². The number of hydrogen-bond donors (Lipinski definition) is 1. The minimum Gasteiger partial charge on any atom is -0.457 e. The molecule has 0 saturated heterocycles. The second-order valence-corrected chi connectivity index (χ2v) is 12.2. The number of nitrogens with zero attached hydrogens (tertiary/aromatic N) is 3. The van der Waals surface area contributed by atoms with Gasteiger partial charge in [0.05, 0.1) is 16.7 Å². The van der Waals surface area contributed by atoms with Crippen LogP contribution in [0.2, 0.25) is 0 Å². The molecule has 10 nitrogen and oxygen atoms in total. The number of thioether (sulfide) groups is 1. The van der Waals surface area contributed by atoms with Gasteiger partial charge in [0.2, 0.25) is 5.91 Å². The highest BCUT2D eigenvalue weighted by Gasteiger charge is 2.35. The summed E-state index contributed by atoms with van der Waals surface area (Å²) in [5.41, 5.74) is 3.66. The van der Waals surface area contributed by atoms with Crippen molar-refractivity contribution in [3.05, 3.63) is 165 Å². The maximum Gasteiger partial charge on any atom is 0.285 e. The first-order valence-corrected chi connectivity index (χ1v) is 16.6. The van der Waals surface area contributed by atoms with Gasteiger partial charge in [-0.3, -0.25) is 29.4 Å². The predicted molar refractivity (Wildman–Crippen MR) is 196 cm³/mol. The van der Waals surface area contributed by atoms with Crippen LogP contribution >= 0.6 is 11.8 Å². The molecule has 5 rings (SSSR count). The van der Waals surface area contributed by atoms with E-state index in [0.29, 0.717) is 28.1 Å². The highest BCUT2D eigenvalue weighted by molar-refractivity contribution is 8.14. The van der Waals surface area contributed by atoms with Gasteiger partial charge in [-0.25, -0.2) is 0 Å². The Morgan fingerprint density at radius 3 is 2.30 bits per heavy atom. The molecule has 3 aromatic carbocycles. The van der Waals surface area contributed by atoms with Gasteiger partial charge in [-0.2, -0.15) is 4.99 Å². The fraction of sp³-hybridized carbons (Fsp3) is 0.128. The Morgan fingerprint density at radius 2 is 1.70 bits per heavy atom. The molecule has 1 aromatic heterocycles. The second-order valence-electron chi connectivity index (χ2n) is 11.2. The van der Waals surface area contributed by atoms with E-state index < -0.39 is 22.8 Å². The quantitative estimate of drug-likeness (QED) is 0.0558. The molecule has 0 unspecified atom stereocenters. The predicted octanol–water partition coefficient (Wildman–Crippen LogP) is 7.86. The summed E-state index contributed by atoms with van der Waals surface area (Å²) < 4.78 is 5.93. The zero-order valence-corrected chi connectivity index (χ0v) is 28.5. The number of allylic oxidation sites excluding steroid dienone is 4. The Balaban J connectivity index is 1.42. The van der Waals surface area contributed by atoms with Crippen LogP contribution in [0.4, 0.5) is 5.69 Å². The van der Waals surface area contributed by atoms with Crippen molar-refractivity contribution in [2.24, 2.45) is 4.99 Å². The number of furan rings is 1. The van der Waals surface area contributed by atoms with Crippen LogP contribution < -0.4 is 5.32 Å². The molecule has 0 aliphatic carbocycles. The Hall–Kier alpha value is -6.07. The van der Waals surface area contributed by atoms with Gasteiger partial charge in [-0.1, -0.05) is 97.2 Å². The van der Waals surface area contributed by atoms with Crippen molar-refractivity contribution < 1.29 is 23.7 Å². The van der Waals surface area contributed by atoms with E-state index in [9.17, 15) is 24.5 Å². The maximum atomic E-state index is 14.0. The molecule has 2 heterocycles. The highest BCUT2D eigenvalue weighted by Crippen LogP contribution is 2.32. The molecule has 0 fully saturated rings. The Bertz CT molecular complexity index is 2040. The molecule has 0 bridgehead atoms. The van der Waals surface area contributed by atoms with Crippen LogP contribution in [0.3, 0.4) is 0 Å². The summed E-state index contributed by atoms with van der Waals surface area (Å²) >= 11 is 0.962. The van der Waals surface area contributed by atoms with E-state index in [-0.39, 0.29) is 33.8 Å². The van der Waals surface area contributed by atoms with Gasteiger partial charge in [0.15, 0.2) is 5.17 Å². The summed E-state index contributed by atoms with van der Waals surface area (Å²) in [7, 11) is 0. The molecular formula is C39H34N4O6S. The number of nitrogens with one attached hydrogen (secondary N) is 1. The minimum absolute atomic E-state index is 0.0349. The van der Waals surface area contributed by atoms with Crippen molar-refractivity contribution in [3.8, 4) is 11.3 Å². The molecular weight excluding hydrogens is 653 g/mol. The van der Waals surface area contributed by atoms with E-state index in [2.05, 4.69) is 16.9 Å². The Labute approximate surface area is 293 Å². The molecule has 4 aromatic rings. The zero-order chi connectivity index (χ0) is 35.8. The molecule has 0 atom stereocenters. The monoisotopic (exact) mass is 686 g/mol. The molecule has 1 N–H and O–H groups in total. The van der Waals surface area contributed by atoms with Crippen LogP contribution in [-0.2, 0) is 14.4 Å². The molecule has 1 aliphatic rings. The van der Waals surface area contributed by atoms with Crippen molar-refractivity contribution in [2.75, 3.05) is 5.75 Å². The molecule has 0 saturated carbocycles. The van der Waals surface area contributed by atoms with Gasteiger partial charge >= 0.3 is 0 Å². The normalized spacial score (nSPS) is 14.4. The van der Waals surface area contributed by atoms with Gasteiger partial charge in [-0.15, -0.1) is 0 Å². The Morgan fingerprint density at radius 1 is 1.04 bits per heavy atom. The SMILES string of the molecule is C=C/C=C\C(=C/C)N1C(=O)/C(=C/c2ccc(-c3cc(C)c(C)c([N+](=O)[O-])c3)o2)C(=O)N=C1SCC(=O)NC(c1ccccc1)c1ccccc1. The summed E-state index contributed by atoms with van der Waals surface area (Å²) in [5.74, 6) is -1.41. The second kappa shape index (κ2) is 15.9. The van der Waals surface area contributed by atoms with E-state index >= 15 is 0 Å². The van der Waals surface area contributed by atoms with Crippen LogP contribution in [0.15, 0.2) is 136 Å². The number of hydrogen-bond acceptors (Lipinski definition) is 7. The van der Waals surface area contributed by atoms with Gasteiger partial charge < -0.3 is 9.73 Å². The Kier molecular flexibility index (Phi) is 11.2. The molecule has 1 aliphatic heterocycles. The van der Waals surface area contributed by atoms with Crippen LogP contribution in [0.5, 0.6) is 0 Å². The molecule has 50 heavy (non-hydrogen) atoms. The summed E-state index contributed by atoms with van der Waals surface area (Å²) in [6.07, 6.45) is 7.81.